The van der Waals surface area contributed by atoms with E-state index in [9.17, 15) is 13.0 Å². The molecule has 17 heavy (non-hydrogen) atoms. The van der Waals surface area contributed by atoms with Gasteiger partial charge in [0.05, 0.1) is 0 Å². The molecular weight excluding hydrogens is 312 g/mol. The van der Waals surface area contributed by atoms with Gasteiger partial charge in [0.2, 0.25) is 0 Å². The van der Waals surface area contributed by atoms with E-state index in [1.165, 1.54) is 12.1 Å². The molecule has 94 valence electrons. The molecule has 0 bridgehead atoms. The lowest BCUT2D eigenvalue weighted by atomic mass is 10.1. The predicted octanol–water partition coefficient (Wildman–Crippen LogP) is 3.05. The second-order valence-electron chi connectivity index (χ2n) is 4.01. The van der Waals surface area contributed by atoms with Gasteiger partial charge in [-0.05, 0) is 25.0 Å². The van der Waals surface area contributed by atoms with Crippen LogP contribution in [0.25, 0.3) is 0 Å². The van der Waals surface area contributed by atoms with Gasteiger partial charge in [-0.15, -0.1) is 0 Å². The molecule has 0 atom stereocenters. The first-order valence-corrected chi connectivity index (χ1v) is 7.60. The van der Waals surface area contributed by atoms with Gasteiger partial charge in [0, 0.05) is 32.8 Å². The summed E-state index contributed by atoms with van der Waals surface area (Å²) in [5, 5.41) is 2.86. The predicted molar refractivity (Wildman–Crippen MR) is 68.6 cm³/mol. The van der Waals surface area contributed by atoms with E-state index < -0.39 is 22.4 Å². The van der Waals surface area contributed by atoms with Crippen LogP contribution in [-0.4, -0.2) is 21.8 Å². The summed E-state index contributed by atoms with van der Waals surface area (Å²) in [7, 11) is -0.768. The zero-order valence-electron chi connectivity index (χ0n) is 9.01. The standard InChI is InChI=1S/C11H12BrF2NOS/c12-7-5-9(13)11(10(14)6-7)15-8-1-3-17(16)4-2-8/h5-6,8,15H,1-4H2. The molecule has 1 N–H and O–H groups in total. The normalized spacial score (nSPS) is 24.6. The lowest BCUT2D eigenvalue weighted by molar-refractivity contribution is 0.570. The molecule has 0 amide bonds. The Labute approximate surface area is 109 Å². The Morgan fingerprint density at radius 3 is 2.29 bits per heavy atom. The fourth-order valence-electron chi connectivity index (χ4n) is 1.82. The summed E-state index contributed by atoms with van der Waals surface area (Å²) in [6.45, 7) is 0. The first kappa shape index (κ1) is 13.0. The minimum absolute atomic E-state index is 0.00197. The molecule has 1 saturated heterocycles. The van der Waals surface area contributed by atoms with Crippen LogP contribution in [0.5, 0.6) is 0 Å². The van der Waals surface area contributed by atoms with E-state index >= 15 is 0 Å². The molecule has 0 radical (unpaired) electrons. The highest BCUT2D eigenvalue weighted by Gasteiger charge is 2.20. The minimum Gasteiger partial charge on any atom is -0.377 e. The molecule has 0 aliphatic carbocycles. The lowest BCUT2D eigenvalue weighted by Gasteiger charge is -2.24. The third kappa shape index (κ3) is 3.25. The molecule has 0 spiro atoms. The van der Waals surface area contributed by atoms with E-state index in [1.54, 1.807) is 0 Å². The molecule has 1 aliphatic heterocycles. The van der Waals surface area contributed by atoms with Gasteiger partial charge >= 0.3 is 0 Å². The number of benzene rings is 1. The zero-order chi connectivity index (χ0) is 12.4. The zero-order valence-corrected chi connectivity index (χ0v) is 11.4. The monoisotopic (exact) mass is 323 g/mol. The van der Waals surface area contributed by atoms with E-state index in [0.717, 1.165) is 0 Å². The molecule has 1 heterocycles. The van der Waals surface area contributed by atoms with Crippen LogP contribution in [0.4, 0.5) is 14.5 Å². The molecule has 0 aromatic heterocycles. The number of anilines is 1. The molecule has 1 aliphatic rings. The van der Waals surface area contributed by atoms with Crippen LogP contribution in [0.3, 0.4) is 0 Å². The summed E-state index contributed by atoms with van der Waals surface area (Å²) in [5.41, 5.74) is -0.0918. The topological polar surface area (TPSA) is 29.1 Å². The smallest absolute Gasteiger partial charge is 0.150 e. The SMILES string of the molecule is O=S1CCC(Nc2c(F)cc(Br)cc2F)CC1. The lowest BCUT2D eigenvalue weighted by Crippen LogP contribution is -2.30. The van der Waals surface area contributed by atoms with Crippen LogP contribution >= 0.6 is 15.9 Å². The maximum Gasteiger partial charge on any atom is 0.150 e. The summed E-state index contributed by atoms with van der Waals surface area (Å²) in [4.78, 5) is 0. The van der Waals surface area contributed by atoms with Crippen LogP contribution < -0.4 is 5.32 Å². The summed E-state index contributed by atoms with van der Waals surface area (Å²) in [5.74, 6) is -0.0263. The van der Waals surface area contributed by atoms with Gasteiger partial charge in [0.15, 0.2) is 0 Å². The van der Waals surface area contributed by atoms with Gasteiger partial charge in [-0.2, -0.15) is 0 Å². The summed E-state index contributed by atoms with van der Waals surface area (Å²) in [6.07, 6.45) is 1.36. The number of hydrogen-bond acceptors (Lipinski definition) is 2. The number of nitrogens with one attached hydrogen (secondary N) is 1. The molecule has 1 aromatic carbocycles. The second kappa shape index (κ2) is 5.44. The van der Waals surface area contributed by atoms with Crippen molar-refractivity contribution in [3.05, 3.63) is 28.2 Å². The Hall–Kier alpha value is -0.490. The Morgan fingerprint density at radius 1 is 1.24 bits per heavy atom. The van der Waals surface area contributed by atoms with Crippen molar-refractivity contribution >= 4 is 32.4 Å². The molecule has 2 nitrogen and oxygen atoms in total. The van der Waals surface area contributed by atoms with Crippen molar-refractivity contribution in [2.75, 3.05) is 16.8 Å². The van der Waals surface area contributed by atoms with Crippen LogP contribution in [0.1, 0.15) is 12.8 Å². The Morgan fingerprint density at radius 2 is 1.76 bits per heavy atom. The van der Waals surface area contributed by atoms with Crippen LogP contribution in [0.15, 0.2) is 16.6 Å². The van der Waals surface area contributed by atoms with Crippen molar-refractivity contribution in [2.45, 2.75) is 18.9 Å². The third-order valence-electron chi connectivity index (χ3n) is 2.74. The third-order valence-corrected chi connectivity index (χ3v) is 4.58. The second-order valence-corrected chi connectivity index (χ2v) is 6.62. The molecular formula is C11H12BrF2NOS. The van der Waals surface area contributed by atoms with E-state index in [1.807, 2.05) is 0 Å². The fourth-order valence-corrected chi connectivity index (χ4v) is 3.52. The summed E-state index contributed by atoms with van der Waals surface area (Å²) in [6, 6.07) is 2.46. The van der Waals surface area contributed by atoms with E-state index in [-0.39, 0.29) is 11.7 Å². The summed E-state index contributed by atoms with van der Waals surface area (Å²) >= 11 is 3.03. The van der Waals surface area contributed by atoms with Crippen molar-refractivity contribution < 1.29 is 13.0 Å². The molecule has 0 saturated carbocycles. The number of halogens is 3. The average molecular weight is 324 g/mol. The van der Waals surface area contributed by atoms with Crippen LogP contribution in [0.2, 0.25) is 0 Å². The highest BCUT2D eigenvalue weighted by atomic mass is 79.9. The van der Waals surface area contributed by atoms with E-state index in [0.29, 0.717) is 28.8 Å². The molecule has 1 fully saturated rings. The quantitative estimate of drug-likeness (QED) is 0.906. The first-order valence-electron chi connectivity index (χ1n) is 5.32. The molecule has 2 rings (SSSR count). The van der Waals surface area contributed by atoms with Crippen molar-refractivity contribution in [3.8, 4) is 0 Å². The van der Waals surface area contributed by atoms with Crippen molar-refractivity contribution in [2.24, 2.45) is 0 Å². The molecule has 6 heteroatoms. The average Bonchev–Trinajstić information content (AvgIpc) is 2.26. The van der Waals surface area contributed by atoms with Gasteiger partial charge in [0.1, 0.15) is 17.3 Å². The highest BCUT2D eigenvalue weighted by Crippen LogP contribution is 2.26. The number of hydrogen-bond donors (Lipinski definition) is 1. The van der Waals surface area contributed by atoms with Gasteiger partial charge in [-0.25, -0.2) is 8.78 Å². The van der Waals surface area contributed by atoms with Crippen molar-refractivity contribution in [1.82, 2.24) is 0 Å². The van der Waals surface area contributed by atoms with E-state index in [4.69, 9.17) is 0 Å². The Balaban J connectivity index is 2.11. The molecule has 0 unspecified atom stereocenters. The maximum absolute atomic E-state index is 13.6. The van der Waals surface area contributed by atoms with Gasteiger partial charge in [0.25, 0.3) is 0 Å². The van der Waals surface area contributed by atoms with E-state index in [2.05, 4.69) is 21.2 Å². The van der Waals surface area contributed by atoms with Gasteiger partial charge < -0.3 is 5.32 Å². The first-order chi connectivity index (χ1) is 8.06. The van der Waals surface area contributed by atoms with Gasteiger partial charge in [-0.3, -0.25) is 4.21 Å². The fraction of sp³-hybridized carbons (Fsp3) is 0.455. The minimum atomic E-state index is -0.768. The molecule has 1 aromatic rings. The maximum atomic E-state index is 13.6. The van der Waals surface area contributed by atoms with Crippen LogP contribution in [0, 0.1) is 11.6 Å². The highest BCUT2D eigenvalue weighted by molar-refractivity contribution is 9.10. The largest absolute Gasteiger partial charge is 0.377 e. The summed E-state index contributed by atoms with van der Waals surface area (Å²) < 4.78 is 38.6. The van der Waals surface area contributed by atoms with Crippen molar-refractivity contribution in [1.29, 1.82) is 0 Å². The van der Waals surface area contributed by atoms with Crippen molar-refractivity contribution in [3.63, 3.8) is 0 Å². The van der Waals surface area contributed by atoms with Crippen LogP contribution in [-0.2, 0) is 10.8 Å². The Bertz CT molecular complexity index is 422. The Kier molecular flexibility index (Phi) is 4.14. The van der Waals surface area contributed by atoms with Gasteiger partial charge in [-0.1, -0.05) is 15.9 Å². The number of rotatable bonds is 2.